The third kappa shape index (κ3) is 13.5. The molecule has 0 aromatic carbocycles. The molecule has 0 fully saturated rings. The highest BCUT2D eigenvalue weighted by molar-refractivity contribution is 7.85. The fourth-order valence-electron chi connectivity index (χ4n) is 2.36. The lowest BCUT2D eigenvalue weighted by atomic mass is 10.3. The van der Waals surface area contributed by atoms with Gasteiger partial charge in [0, 0.05) is 13.0 Å². The van der Waals surface area contributed by atoms with Gasteiger partial charge in [0.05, 0.1) is 45.7 Å². The van der Waals surface area contributed by atoms with E-state index in [1.807, 2.05) is 0 Å². The predicted molar refractivity (Wildman–Crippen MR) is 88.7 cm³/mol. The molecule has 22 heavy (non-hydrogen) atoms. The molecule has 0 aliphatic carbocycles. The summed E-state index contributed by atoms with van der Waals surface area (Å²) in [6.45, 7) is 9.44. The summed E-state index contributed by atoms with van der Waals surface area (Å²) >= 11 is 0. The van der Waals surface area contributed by atoms with Gasteiger partial charge in [0.15, 0.2) is 0 Å². The molecule has 0 bridgehead atoms. The summed E-state index contributed by atoms with van der Waals surface area (Å²) in [7, 11) is -1.75. The van der Waals surface area contributed by atoms with Crippen LogP contribution in [0.25, 0.3) is 0 Å². The van der Waals surface area contributed by atoms with Crippen molar-refractivity contribution in [1.82, 2.24) is 0 Å². The lowest BCUT2D eigenvalue weighted by Crippen LogP contribution is -2.48. The van der Waals surface area contributed by atoms with Crippen LogP contribution in [0.5, 0.6) is 0 Å². The summed E-state index contributed by atoms with van der Waals surface area (Å²) in [5.41, 5.74) is 0. The molecular formula is C15H34NO5S+. The average molecular weight is 341 g/mol. The first-order chi connectivity index (χ1) is 10.3. The van der Waals surface area contributed by atoms with Crippen LogP contribution in [0.1, 0.15) is 39.5 Å². The monoisotopic (exact) mass is 340 g/mol. The molecular weight excluding hydrogens is 306 g/mol. The second kappa shape index (κ2) is 12.2. The highest BCUT2D eigenvalue weighted by Crippen LogP contribution is 2.07. The average Bonchev–Trinajstić information content (AvgIpc) is 2.40. The van der Waals surface area contributed by atoms with Crippen molar-refractivity contribution < 1.29 is 26.9 Å². The number of hydrogen-bond donors (Lipinski definition) is 1. The van der Waals surface area contributed by atoms with Gasteiger partial charge in [0.2, 0.25) is 0 Å². The summed E-state index contributed by atoms with van der Waals surface area (Å²) in [5, 5.41) is 0. The molecule has 0 amide bonds. The SMILES string of the molecule is CCCCOCCOCC[N+](C)(CCC)CCCS(=O)(=O)O. The van der Waals surface area contributed by atoms with Crippen molar-refractivity contribution in [2.45, 2.75) is 39.5 Å². The van der Waals surface area contributed by atoms with Gasteiger partial charge in [-0.3, -0.25) is 4.55 Å². The summed E-state index contributed by atoms with van der Waals surface area (Å²) in [4.78, 5) is 0. The molecule has 0 heterocycles. The minimum atomic E-state index is -3.86. The predicted octanol–water partition coefficient (Wildman–Crippen LogP) is 1.95. The van der Waals surface area contributed by atoms with E-state index >= 15 is 0 Å². The molecule has 0 aliphatic heterocycles. The van der Waals surface area contributed by atoms with Crippen molar-refractivity contribution in [2.75, 3.05) is 58.9 Å². The molecule has 7 heteroatoms. The number of unbranched alkanes of at least 4 members (excludes halogenated alkanes) is 1. The van der Waals surface area contributed by atoms with E-state index in [1.165, 1.54) is 0 Å². The Bertz CT molecular complexity index is 361. The largest absolute Gasteiger partial charge is 0.379 e. The van der Waals surface area contributed by atoms with E-state index in [0.29, 0.717) is 26.2 Å². The quantitative estimate of drug-likeness (QED) is 0.280. The Morgan fingerprint density at radius 2 is 1.50 bits per heavy atom. The Balaban J connectivity index is 3.86. The zero-order valence-corrected chi connectivity index (χ0v) is 15.2. The molecule has 0 aliphatic rings. The molecule has 1 unspecified atom stereocenters. The highest BCUT2D eigenvalue weighted by atomic mass is 32.2. The van der Waals surface area contributed by atoms with Crippen LogP contribution in [-0.2, 0) is 19.6 Å². The summed E-state index contributed by atoms with van der Waals surface area (Å²) in [6, 6.07) is 0. The fourth-order valence-corrected chi connectivity index (χ4v) is 2.85. The number of likely N-dealkylation sites (N-methyl/N-ethyl adjacent to an activating group) is 1. The fraction of sp³-hybridized carbons (Fsp3) is 1.00. The highest BCUT2D eigenvalue weighted by Gasteiger charge is 2.21. The summed E-state index contributed by atoms with van der Waals surface area (Å²) in [5.74, 6) is -0.170. The Kier molecular flexibility index (Phi) is 12.1. The van der Waals surface area contributed by atoms with Crippen molar-refractivity contribution in [2.24, 2.45) is 0 Å². The van der Waals surface area contributed by atoms with Crippen molar-refractivity contribution in [1.29, 1.82) is 0 Å². The lowest BCUT2D eigenvalue weighted by molar-refractivity contribution is -0.910. The molecule has 0 saturated heterocycles. The molecule has 0 aromatic heterocycles. The first-order valence-corrected chi connectivity index (χ1v) is 9.88. The molecule has 0 saturated carbocycles. The minimum Gasteiger partial charge on any atom is -0.379 e. The Labute approximate surface area is 136 Å². The molecule has 1 atom stereocenters. The maximum absolute atomic E-state index is 10.8. The zero-order chi connectivity index (χ0) is 16.9. The number of hydrogen-bond acceptors (Lipinski definition) is 4. The lowest BCUT2D eigenvalue weighted by Gasteiger charge is -2.34. The second-order valence-electron chi connectivity index (χ2n) is 6.01. The van der Waals surface area contributed by atoms with E-state index in [-0.39, 0.29) is 5.75 Å². The third-order valence-electron chi connectivity index (χ3n) is 3.65. The van der Waals surface area contributed by atoms with Gasteiger partial charge in [-0.1, -0.05) is 20.3 Å². The van der Waals surface area contributed by atoms with Crippen molar-refractivity contribution in [3.8, 4) is 0 Å². The van der Waals surface area contributed by atoms with Gasteiger partial charge in [-0.2, -0.15) is 8.42 Å². The Morgan fingerprint density at radius 1 is 0.864 bits per heavy atom. The number of quaternary nitrogens is 1. The zero-order valence-electron chi connectivity index (χ0n) is 14.4. The van der Waals surface area contributed by atoms with Crippen LogP contribution in [-0.4, -0.2) is 76.3 Å². The summed E-state index contributed by atoms with van der Waals surface area (Å²) in [6.07, 6.45) is 3.72. The summed E-state index contributed by atoms with van der Waals surface area (Å²) < 4.78 is 42.2. The van der Waals surface area contributed by atoms with E-state index in [9.17, 15) is 8.42 Å². The van der Waals surface area contributed by atoms with Crippen molar-refractivity contribution in [3.05, 3.63) is 0 Å². The molecule has 134 valence electrons. The normalized spacial score (nSPS) is 14.9. The van der Waals surface area contributed by atoms with E-state index in [1.54, 1.807) is 0 Å². The second-order valence-corrected chi connectivity index (χ2v) is 7.58. The van der Waals surface area contributed by atoms with Crippen LogP contribution in [0.15, 0.2) is 0 Å². The van der Waals surface area contributed by atoms with Crippen molar-refractivity contribution >= 4 is 10.1 Å². The van der Waals surface area contributed by atoms with Crippen molar-refractivity contribution in [3.63, 3.8) is 0 Å². The molecule has 0 radical (unpaired) electrons. The standard InChI is InChI=1S/C15H33NO5S/c1-4-6-11-20-13-14-21-12-10-16(3,8-5-2)9-7-15-22(17,18)19/h4-15H2,1-3H3/p+1. The molecule has 0 spiro atoms. The van der Waals surface area contributed by atoms with Crippen LogP contribution in [0.4, 0.5) is 0 Å². The molecule has 1 N–H and O–H groups in total. The van der Waals surface area contributed by atoms with Gasteiger partial charge in [-0.15, -0.1) is 0 Å². The van der Waals surface area contributed by atoms with Crippen LogP contribution in [0, 0.1) is 0 Å². The van der Waals surface area contributed by atoms with Crippen LogP contribution >= 0.6 is 0 Å². The molecule has 6 nitrogen and oxygen atoms in total. The molecule has 0 aromatic rings. The number of nitrogens with zero attached hydrogens (tertiary/aromatic N) is 1. The van der Waals surface area contributed by atoms with E-state index < -0.39 is 10.1 Å². The first kappa shape index (κ1) is 21.8. The maximum Gasteiger partial charge on any atom is 0.265 e. The van der Waals surface area contributed by atoms with Crippen LogP contribution < -0.4 is 0 Å². The number of ether oxygens (including phenoxy) is 2. The maximum atomic E-state index is 10.8. The van der Waals surface area contributed by atoms with Gasteiger partial charge >= 0.3 is 0 Å². The molecule has 0 rings (SSSR count). The minimum absolute atomic E-state index is 0.170. The van der Waals surface area contributed by atoms with Crippen LogP contribution in [0.3, 0.4) is 0 Å². The van der Waals surface area contributed by atoms with Gasteiger partial charge in [-0.25, -0.2) is 0 Å². The topological polar surface area (TPSA) is 72.8 Å². The van der Waals surface area contributed by atoms with Gasteiger partial charge in [-0.05, 0) is 12.8 Å². The Morgan fingerprint density at radius 3 is 2.05 bits per heavy atom. The number of rotatable bonds is 15. The van der Waals surface area contributed by atoms with Gasteiger partial charge in [0.1, 0.15) is 6.54 Å². The van der Waals surface area contributed by atoms with E-state index in [4.69, 9.17) is 14.0 Å². The third-order valence-corrected chi connectivity index (χ3v) is 4.46. The van der Waals surface area contributed by atoms with Gasteiger partial charge in [0.25, 0.3) is 10.1 Å². The smallest absolute Gasteiger partial charge is 0.265 e. The van der Waals surface area contributed by atoms with Crippen LogP contribution in [0.2, 0.25) is 0 Å². The Hall–Kier alpha value is -0.210. The van der Waals surface area contributed by atoms with Gasteiger partial charge < -0.3 is 14.0 Å². The van der Waals surface area contributed by atoms with E-state index in [2.05, 4.69) is 20.9 Å². The first-order valence-electron chi connectivity index (χ1n) is 8.27. The van der Waals surface area contributed by atoms with E-state index in [0.717, 1.165) is 50.0 Å².